The van der Waals surface area contributed by atoms with Crippen LogP contribution >= 0.6 is 0 Å². The van der Waals surface area contributed by atoms with Gasteiger partial charge in [-0.05, 0) is 57.9 Å². The van der Waals surface area contributed by atoms with Gasteiger partial charge < -0.3 is 10.1 Å². The van der Waals surface area contributed by atoms with Crippen molar-refractivity contribution in [3.63, 3.8) is 0 Å². The molecule has 1 aliphatic carbocycles. The van der Waals surface area contributed by atoms with E-state index in [9.17, 15) is 0 Å². The van der Waals surface area contributed by atoms with Gasteiger partial charge in [-0.3, -0.25) is 0 Å². The summed E-state index contributed by atoms with van der Waals surface area (Å²) in [5, 5.41) is 3.46. The first-order valence-electron chi connectivity index (χ1n) is 7.23. The highest BCUT2D eigenvalue weighted by Crippen LogP contribution is 2.37. The summed E-state index contributed by atoms with van der Waals surface area (Å²) in [4.78, 5) is 0. The third-order valence-electron chi connectivity index (χ3n) is 3.75. The number of hydrogen-bond donors (Lipinski definition) is 1. The van der Waals surface area contributed by atoms with Gasteiger partial charge in [-0.15, -0.1) is 0 Å². The van der Waals surface area contributed by atoms with Crippen LogP contribution in [0.4, 0.5) is 0 Å². The summed E-state index contributed by atoms with van der Waals surface area (Å²) in [5.41, 5.74) is 0.506. The van der Waals surface area contributed by atoms with E-state index in [1.54, 1.807) is 0 Å². The summed E-state index contributed by atoms with van der Waals surface area (Å²) >= 11 is 0. The summed E-state index contributed by atoms with van der Waals surface area (Å²) in [6.45, 7) is 13.4. The zero-order valence-electron chi connectivity index (χ0n) is 12.4. The van der Waals surface area contributed by atoms with Gasteiger partial charge in [-0.25, -0.2) is 0 Å². The summed E-state index contributed by atoms with van der Waals surface area (Å²) < 4.78 is 6.26. The lowest BCUT2D eigenvalue weighted by Crippen LogP contribution is -2.42. The highest BCUT2D eigenvalue weighted by Gasteiger charge is 2.30. The van der Waals surface area contributed by atoms with Crippen LogP contribution in [-0.2, 0) is 4.74 Å². The molecule has 0 aromatic carbocycles. The fourth-order valence-corrected chi connectivity index (χ4v) is 2.55. The zero-order chi connectivity index (χ0) is 12.9. The Labute approximate surface area is 108 Å². The second-order valence-corrected chi connectivity index (χ2v) is 6.92. The van der Waals surface area contributed by atoms with Crippen LogP contribution in [0.5, 0.6) is 0 Å². The lowest BCUT2D eigenvalue weighted by atomic mass is 9.76. The molecule has 0 bridgehead atoms. The number of rotatable bonds is 6. The average Bonchev–Trinajstić information content (AvgIpc) is 2.21. The van der Waals surface area contributed by atoms with Crippen LogP contribution in [0.2, 0.25) is 0 Å². The Kier molecular flexibility index (Phi) is 5.46. The molecule has 2 heteroatoms. The monoisotopic (exact) mass is 241 g/mol. The van der Waals surface area contributed by atoms with E-state index >= 15 is 0 Å². The van der Waals surface area contributed by atoms with E-state index in [-0.39, 0.29) is 5.60 Å². The largest absolute Gasteiger partial charge is 0.371 e. The Morgan fingerprint density at radius 1 is 1.24 bits per heavy atom. The minimum Gasteiger partial charge on any atom is -0.371 e. The van der Waals surface area contributed by atoms with Crippen molar-refractivity contribution in [1.29, 1.82) is 0 Å². The minimum absolute atomic E-state index is 0.0265. The Morgan fingerprint density at radius 2 is 1.82 bits per heavy atom. The predicted molar refractivity (Wildman–Crippen MR) is 74.4 cm³/mol. The van der Waals surface area contributed by atoms with Gasteiger partial charge in [0.15, 0.2) is 0 Å². The molecule has 0 aromatic rings. The predicted octanol–water partition coefficient (Wildman–Crippen LogP) is 3.75. The van der Waals surface area contributed by atoms with Crippen LogP contribution in [0.15, 0.2) is 0 Å². The average molecular weight is 241 g/mol. The van der Waals surface area contributed by atoms with E-state index < -0.39 is 0 Å². The second-order valence-electron chi connectivity index (χ2n) is 6.92. The molecule has 0 aliphatic heterocycles. The normalized spacial score (nSPS) is 21.7. The van der Waals surface area contributed by atoms with Crippen molar-refractivity contribution in [2.24, 2.45) is 5.41 Å². The van der Waals surface area contributed by atoms with E-state index in [4.69, 9.17) is 4.74 Å². The molecular weight excluding hydrogens is 210 g/mol. The molecule has 0 saturated heterocycles. The number of nitrogens with one attached hydrogen (secondary N) is 1. The zero-order valence-corrected chi connectivity index (χ0v) is 12.4. The Bertz CT molecular complexity index is 213. The van der Waals surface area contributed by atoms with Gasteiger partial charge >= 0.3 is 0 Å². The van der Waals surface area contributed by atoms with Gasteiger partial charge in [0.1, 0.15) is 0 Å². The molecule has 2 nitrogen and oxygen atoms in total. The maximum Gasteiger partial charge on any atom is 0.0754 e. The van der Waals surface area contributed by atoms with Gasteiger partial charge in [-0.2, -0.15) is 0 Å². The van der Waals surface area contributed by atoms with Crippen LogP contribution in [0.3, 0.4) is 0 Å². The fraction of sp³-hybridized carbons (Fsp3) is 1.00. The van der Waals surface area contributed by atoms with Crippen LogP contribution in [0, 0.1) is 5.41 Å². The van der Waals surface area contributed by atoms with E-state index in [1.807, 2.05) is 0 Å². The van der Waals surface area contributed by atoms with Crippen molar-refractivity contribution in [2.45, 2.75) is 78.4 Å². The van der Waals surface area contributed by atoms with E-state index in [0.717, 1.165) is 13.1 Å². The molecule has 1 saturated carbocycles. The van der Waals surface area contributed by atoms with Crippen molar-refractivity contribution in [1.82, 2.24) is 5.32 Å². The third kappa shape index (κ3) is 5.87. The number of ether oxygens (including phenoxy) is 1. The van der Waals surface area contributed by atoms with Crippen molar-refractivity contribution >= 4 is 0 Å². The van der Waals surface area contributed by atoms with Crippen LogP contribution in [-0.4, -0.2) is 24.8 Å². The molecule has 0 aromatic heterocycles. The van der Waals surface area contributed by atoms with Crippen molar-refractivity contribution in [3.05, 3.63) is 0 Å². The summed E-state index contributed by atoms with van der Waals surface area (Å²) in [6, 6.07) is 0. The van der Waals surface area contributed by atoms with E-state index in [2.05, 4.69) is 39.9 Å². The maximum absolute atomic E-state index is 6.26. The van der Waals surface area contributed by atoms with Crippen LogP contribution in [0.25, 0.3) is 0 Å². The molecule has 1 N–H and O–H groups in total. The van der Waals surface area contributed by atoms with Crippen LogP contribution in [0.1, 0.15) is 66.7 Å². The Morgan fingerprint density at radius 3 is 2.35 bits per heavy atom. The molecule has 1 rings (SSSR count). The molecule has 1 aliphatic rings. The first-order valence-corrected chi connectivity index (χ1v) is 7.23. The molecule has 1 fully saturated rings. The van der Waals surface area contributed by atoms with E-state index in [1.165, 1.54) is 32.1 Å². The maximum atomic E-state index is 6.26. The SMILES string of the molecule is CCCNCC(C)(C)OC1CCC(C)(C)CC1. The van der Waals surface area contributed by atoms with Crippen LogP contribution < -0.4 is 5.32 Å². The molecule has 0 amide bonds. The molecular formula is C15H31NO. The molecule has 17 heavy (non-hydrogen) atoms. The molecule has 0 spiro atoms. The summed E-state index contributed by atoms with van der Waals surface area (Å²) in [7, 11) is 0. The first kappa shape index (κ1) is 15.0. The lowest BCUT2D eigenvalue weighted by molar-refractivity contribution is -0.0928. The molecule has 0 atom stereocenters. The van der Waals surface area contributed by atoms with E-state index in [0.29, 0.717) is 11.5 Å². The highest BCUT2D eigenvalue weighted by molar-refractivity contribution is 4.82. The topological polar surface area (TPSA) is 21.3 Å². The fourth-order valence-electron chi connectivity index (χ4n) is 2.55. The van der Waals surface area contributed by atoms with Crippen molar-refractivity contribution < 1.29 is 4.74 Å². The lowest BCUT2D eigenvalue weighted by Gasteiger charge is -2.38. The number of hydrogen-bond acceptors (Lipinski definition) is 2. The van der Waals surface area contributed by atoms with Gasteiger partial charge in [0.2, 0.25) is 0 Å². The quantitative estimate of drug-likeness (QED) is 0.715. The Balaban J connectivity index is 2.28. The summed E-state index contributed by atoms with van der Waals surface area (Å²) in [6.07, 6.45) is 6.72. The first-order chi connectivity index (χ1) is 7.85. The van der Waals surface area contributed by atoms with Gasteiger partial charge in [0.05, 0.1) is 11.7 Å². The Hall–Kier alpha value is -0.0800. The standard InChI is InChI=1S/C15H31NO/c1-6-11-16-12-15(4,5)17-13-7-9-14(2,3)10-8-13/h13,16H,6-12H2,1-5H3. The van der Waals surface area contributed by atoms with Gasteiger partial charge in [-0.1, -0.05) is 20.8 Å². The summed E-state index contributed by atoms with van der Waals surface area (Å²) in [5.74, 6) is 0. The molecule has 0 heterocycles. The third-order valence-corrected chi connectivity index (χ3v) is 3.75. The van der Waals surface area contributed by atoms with Gasteiger partial charge in [0.25, 0.3) is 0 Å². The van der Waals surface area contributed by atoms with Crippen molar-refractivity contribution in [3.8, 4) is 0 Å². The molecule has 102 valence electrons. The second kappa shape index (κ2) is 6.19. The van der Waals surface area contributed by atoms with Crippen molar-refractivity contribution in [2.75, 3.05) is 13.1 Å². The smallest absolute Gasteiger partial charge is 0.0754 e. The molecule has 0 radical (unpaired) electrons. The molecule has 0 unspecified atom stereocenters. The highest BCUT2D eigenvalue weighted by atomic mass is 16.5. The van der Waals surface area contributed by atoms with Gasteiger partial charge in [0, 0.05) is 6.54 Å². The minimum atomic E-state index is -0.0265.